The van der Waals surface area contributed by atoms with Crippen LogP contribution in [0.15, 0.2) is 28.7 Å². The average molecular weight is 248 g/mol. The lowest BCUT2D eigenvalue weighted by atomic mass is 10.0. The van der Waals surface area contributed by atoms with Gasteiger partial charge in [-0.2, -0.15) is 16.7 Å². The Morgan fingerprint density at radius 2 is 2.12 bits per heavy atom. The van der Waals surface area contributed by atoms with Crippen LogP contribution in [0, 0.1) is 5.92 Å². The predicted molar refractivity (Wildman–Crippen MR) is 72.5 cm³/mol. The molecule has 0 aliphatic carbocycles. The Labute approximate surface area is 105 Å². The van der Waals surface area contributed by atoms with Gasteiger partial charge in [0.05, 0.1) is 0 Å². The lowest BCUT2D eigenvalue weighted by Gasteiger charge is -2.20. The van der Waals surface area contributed by atoms with Gasteiger partial charge in [0, 0.05) is 6.54 Å². The number of oxazole rings is 1. The van der Waals surface area contributed by atoms with Gasteiger partial charge in [0.15, 0.2) is 5.58 Å². The van der Waals surface area contributed by atoms with Crippen molar-refractivity contribution >= 4 is 28.9 Å². The number of hydrogen-bond acceptors (Lipinski definition) is 4. The summed E-state index contributed by atoms with van der Waals surface area (Å²) in [6.07, 6.45) is 2.61. The van der Waals surface area contributed by atoms with E-state index in [1.807, 2.05) is 24.3 Å². The maximum atomic E-state index is 5.63. The molecule has 1 fully saturated rings. The number of benzene rings is 1. The largest absolute Gasteiger partial charge is 0.424 e. The summed E-state index contributed by atoms with van der Waals surface area (Å²) in [6, 6.07) is 8.53. The Kier molecular flexibility index (Phi) is 3.22. The summed E-state index contributed by atoms with van der Waals surface area (Å²) in [6.45, 7) is 0.980. The lowest BCUT2D eigenvalue weighted by molar-refractivity contribution is 0.504. The van der Waals surface area contributed by atoms with Crippen LogP contribution in [-0.2, 0) is 0 Å². The molecule has 3 rings (SSSR count). The normalized spacial score (nSPS) is 17.4. The van der Waals surface area contributed by atoms with E-state index < -0.39 is 0 Å². The first-order valence-electron chi connectivity index (χ1n) is 6.09. The summed E-state index contributed by atoms with van der Waals surface area (Å²) in [5.41, 5.74) is 1.78. The molecule has 1 aromatic heterocycles. The number of para-hydroxylation sites is 2. The molecule has 2 aromatic rings. The standard InChI is InChI=1S/C13H16N2OS/c1-2-4-12-11(3-1)15-13(16-12)14-9-10-5-7-17-8-6-10/h1-4,10H,5-9H2,(H,14,15). The minimum atomic E-state index is 0.657. The molecular formula is C13H16N2OS. The molecule has 0 spiro atoms. The summed E-state index contributed by atoms with van der Waals surface area (Å²) in [4.78, 5) is 4.41. The van der Waals surface area contributed by atoms with Crippen LogP contribution in [0.3, 0.4) is 0 Å². The molecule has 1 aliphatic rings. The van der Waals surface area contributed by atoms with Gasteiger partial charge in [-0.25, -0.2) is 0 Å². The summed E-state index contributed by atoms with van der Waals surface area (Å²) < 4.78 is 5.63. The highest BCUT2D eigenvalue weighted by Gasteiger charge is 2.14. The Hall–Kier alpha value is -1.16. The van der Waals surface area contributed by atoms with Crippen LogP contribution in [0.1, 0.15) is 12.8 Å². The first-order chi connectivity index (χ1) is 8.42. The van der Waals surface area contributed by atoms with Gasteiger partial charge in [0.25, 0.3) is 6.01 Å². The zero-order valence-corrected chi connectivity index (χ0v) is 10.5. The van der Waals surface area contributed by atoms with Gasteiger partial charge in [0.1, 0.15) is 5.52 Å². The van der Waals surface area contributed by atoms with E-state index in [2.05, 4.69) is 22.1 Å². The van der Waals surface area contributed by atoms with E-state index in [-0.39, 0.29) is 0 Å². The molecule has 1 N–H and O–H groups in total. The molecule has 1 aromatic carbocycles. The molecule has 3 nitrogen and oxygen atoms in total. The second kappa shape index (κ2) is 5.00. The van der Waals surface area contributed by atoms with Crippen molar-refractivity contribution in [1.82, 2.24) is 4.98 Å². The number of nitrogens with one attached hydrogen (secondary N) is 1. The van der Waals surface area contributed by atoms with Crippen LogP contribution in [0.4, 0.5) is 6.01 Å². The summed E-state index contributed by atoms with van der Waals surface area (Å²) in [5, 5.41) is 3.32. The second-order valence-corrected chi connectivity index (χ2v) is 5.65. The maximum Gasteiger partial charge on any atom is 0.295 e. The topological polar surface area (TPSA) is 38.1 Å². The van der Waals surface area contributed by atoms with E-state index in [4.69, 9.17) is 4.42 Å². The number of nitrogens with zero attached hydrogens (tertiary/aromatic N) is 1. The number of aromatic nitrogens is 1. The summed E-state index contributed by atoms with van der Waals surface area (Å²) in [5.74, 6) is 3.35. The van der Waals surface area contributed by atoms with Crippen molar-refractivity contribution < 1.29 is 4.42 Å². The molecule has 0 bridgehead atoms. The third kappa shape index (κ3) is 2.57. The molecule has 90 valence electrons. The maximum absolute atomic E-state index is 5.63. The van der Waals surface area contributed by atoms with Gasteiger partial charge in [-0.1, -0.05) is 12.1 Å². The number of anilines is 1. The monoisotopic (exact) mass is 248 g/mol. The van der Waals surface area contributed by atoms with Gasteiger partial charge >= 0.3 is 0 Å². The van der Waals surface area contributed by atoms with Crippen LogP contribution in [-0.4, -0.2) is 23.0 Å². The molecule has 2 heterocycles. The number of thioether (sulfide) groups is 1. The van der Waals surface area contributed by atoms with Gasteiger partial charge < -0.3 is 9.73 Å². The van der Waals surface area contributed by atoms with Crippen molar-refractivity contribution in [3.8, 4) is 0 Å². The van der Waals surface area contributed by atoms with Gasteiger partial charge in [0.2, 0.25) is 0 Å². The Balaban J connectivity index is 1.64. The third-order valence-electron chi connectivity index (χ3n) is 3.18. The number of rotatable bonds is 3. The smallest absolute Gasteiger partial charge is 0.295 e. The first-order valence-corrected chi connectivity index (χ1v) is 7.24. The van der Waals surface area contributed by atoms with Crippen LogP contribution < -0.4 is 5.32 Å². The van der Waals surface area contributed by atoms with E-state index in [0.717, 1.165) is 23.6 Å². The number of hydrogen-bond donors (Lipinski definition) is 1. The van der Waals surface area contributed by atoms with E-state index in [1.165, 1.54) is 24.3 Å². The highest BCUT2D eigenvalue weighted by atomic mass is 32.2. The molecule has 0 radical (unpaired) electrons. The molecule has 0 atom stereocenters. The van der Waals surface area contributed by atoms with E-state index >= 15 is 0 Å². The molecule has 1 saturated heterocycles. The van der Waals surface area contributed by atoms with E-state index in [9.17, 15) is 0 Å². The minimum Gasteiger partial charge on any atom is -0.424 e. The third-order valence-corrected chi connectivity index (χ3v) is 4.23. The highest BCUT2D eigenvalue weighted by Crippen LogP contribution is 2.24. The molecule has 0 unspecified atom stereocenters. The molecule has 0 amide bonds. The second-order valence-electron chi connectivity index (χ2n) is 4.42. The summed E-state index contributed by atoms with van der Waals surface area (Å²) in [7, 11) is 0. The van der Waals surface area contributed by atoms with Crippen molar-refractivity contribution in [1.29, 1.82) is 0 Å². The SMILES string of the molecule is c1ccc2oc(NCC3CCSCC3)nc2c1. The number of fused-ring (bicyclic) bond motifs is 1. The molecule has 17 heavy (non-hydrogen) atoms. The van der Waals surface area contributed by atoms with Crippen molar-refractivity contribution in [3.63, 3.8) is 0 Å². The minimum absolute atomic E-state index is 0.657. The van der Waals surface area contributed by atoms with Crippen LogP contribution in [0.2, 0.25) is 0 Å². The Morgan fingerprint density at radius 1 is 1.29 bits per heavy atom. The zero-order chi connectivity index (χ0) is 11.5. The van der Waals surface area contributed by atoms with E-state index in [1.54, 1.807) is 0 Å². The zero-order valence-electron chi connectivity index (χ0n) is 9.69. The van der Waals surface area contributed by atoms with Gasteiger partial charge in [-0.15, -0.1) is 0 Å². The summed E-state index contributed by atoms with van der Waals surface area (Å²) >= 11 is 2.06. The van der Waals surface area contributed by atoms with Gasteiger partial charge in [-0.3, -0.25) is 0 Å². The Morgan fingerprint density at radius 3 is 2.94 bits per heavy atom. The highest BCUT2D eigenvalue weighted by molar-refractivity contribution is 7.99. The Bertz CT molecular complexity index is 458. The first kappa shape index (κ1) is 11.0. The van der Waals surface area contributed by atoms with Crippen LogP contribution >= 0.6 is 11.8 Å². The van der Waals surface area contributed by atoms with Crippen molar-refractivity contribution in [2.24, 2.45) is 5.92 Å². The van der Waals surface area contributed by atoms with Gasteiger partial charge in [-0.05, 0) is 42.4 Å². The van der Waals surface area contributed by atoms with E-state index in [0.29, 0.717) is 6.01 Å². The molecule has 0 saturated carbocycles. The fraction of sp³-hybridized carbons (Fsp3) is 0.462. The van der Waals surface area contributed by atoms with Crippen molar-refractivity contribution in [3.05, 3.63) is 24.3 Å². The van der Waals surface area contributed by atoms with Crippen molar-refractivity contribution in [2.75, 3.05) is 23.4 Å². The fourth-order valence-electron chi connectivity index (χ4n) is 2.13. The fourth-order valence-corrected chi connectivity index (χ4v) is 3.33. The molecule has 4 heteroatoms. The van der Waals surface area contributed by atoms with Crippen LogP contribution in [0.25, 0.3) is 11.1 Å². The molecule has 1 aliphatic heterocycles. The van der Waals surface area contributed by atoms with Crippen molar-refractivity contribution in [2.45, 2.75) is 12.8 Å². The van der Waals surface area contributed by atoms with Crippen LogP contribution in [0.5, 0.6) is 0 Å². The molecular weight excluding hydrogens is 232 g/mol. The lowest BCUT2D eigenvalue weighted by Crippen LogP contribution is -2.19. The quantitative estimate of drug-likeness (QED) is 0.903. The average Bonchev–Trinajstić information content (AvgIpc) is 2.80. The predicted octanol–water partition coefficient (Wildman–Crippen LogP) is 3.38.